The third kappa shape index (κ3) is 2.60. The number of ether oxygens (including phenoxy) is 1. The van der Waals surface area contributed by atoms with Crippen LogP contribution in [0.25, 0.3) is 0 Å². The molecule has 0 saturated heterocycles. The molecule has 0 atom stereocenters. The van der Waals surface area contributed by atoms with Gasteiger partial charge in [0.2, 0.25) is 5.12 Å². The zero-order valence-corrected chi connectivity index (χ0v) is 8.58. The van der Waals surface area contributed by atoms with Gasteiger partial charge < -0.3 is 4.74 Å². The van der Waals surface area contributed by atoms with E-state index in [4.69, 9.17) is 0 Å². The van der Waals surface area contributed by atoms with E-state index in [1.165, 1.54) is 7.11 Å². The number of benzene rings is 1. The van der Waals surface area contributed by atoms with E-state index in [0.29, 0.717) is 11.1 Å². The highest BCUT2D eigenvalue weighted by Gasteiger charge is 2.10. The Hall–Kier alpha value is -1.29. The number of hydrogen-bond acceptors (Lipinski definition) is 3. The first kappa shape index (κ1) is 10.8. The van der Waals surface area contributed by atoms with Crippen LogP contribution in [0.4, 0.5) is 0 Å². The van der Waals surface area contributed by atoms with Gasteiger partial charge in [-0.15, -0.1) is 12.6 Å². The summed E-state index contributed by atoms with van der Waals surface area (Å²) in [5, 5.41) is -0.343. The van der Waals surface area contributed by atoms with Crippen LogP contribution in [0.5, 0.6) is 0 Å². The maximum Gasteiger partial charge on any atom is 0.310 e. The molecular formula is C10H10O3S. The molecule has 0 radical (unpaired) electrons. The summed E-state index contributed by atoms with van der Waals surface area (Å²) in [5.74, 6) is -0.368. The molecule has 0 bridgehead atoms. The fourth-order valence-corrected chi connectivity index (χ4v) is 1.33. The molecule has 0 amide bonds. The standard InChI is InChI=1S/C10H10O3S/c1-13-9(11)6-7-4-2-3-5-8(7)10(12)14/h2-5H,6H2,1H3,(H,12,14). The van der Waals surface area contributed by atoms with Gasteiger partial charge in [-0.05, 0) is 5.56 Å². The Balaban J connectivity index is 2.95. The highest BCUT2D eigenvalue weighted by molar-refractivity contribution is 7.97. The van der Waals surface area contributed by atoms with Gasteiger partial charge in [0.25, 0.3) is 0 Å². The molecule has 0 aliphatic carbocycles. The van der Waals surface area contributed by atoms with Crippen molar-refractivity contribution in [2.24, 2.45) is 0 Å². The van der Waals surface area contributed by atoms with E-state index in [9.17, 15) is 9.59 Å². The maximum absolute atomic E-state index is 11.0. The van der Waals surface area contributed by atoms with E-state index in [1.807, 2.05) is 0 Å². The van der Waals surface area contributed by atoms with Gasteiger partial charge in [-0.1, -0.05) is 24.3 Å². The van der Waals surface area contributed by atoms with Crippen molar-refractivity contribution in [3.63, 3.8) is 0 Å². The quantitative estimate of drug-likeness (QED) is 0.607. The molecule has 4 heteroatoms. The van der Waals surface area contributed by atoms with Crippen molar-refractivity contribution in [1.82, 2.24) is 0 Å². The van der Waals surface area contributed by atoms with Crippen molar-refractivity contribution < 1.29 is 14.3 Å². The highest BCUT2D eigenvalue weighted by Crippen LogP contribution is 2.12. The average Bonchev–Trinajstić information content (AvgIpc) is 2.18. The summed E-state index contributed by atoms with van der Waals surface area (Å²) in [6.45, 7) is 0. The Morgan fingerprint density at radius 3 is 2.57 bits per heavy atom. The van der Waals surface area contributed by atoms with Crippen LogP contribution in [-0.2, 0) is 16.0 Å². The summed E-state index contributed by atoms with van der Waals surface area (Å²) in [7, 11) is 1.31. The lowest BCUT2D eigenvalue weighted by Crippen LogP contribution is -2.07. The second kappa shape index (κ2) is 4.81. The number of carbonyl (C=O) groups is 2. The number of rotatable bonds is 3. The molecule has 1 aromatic rings. The molecule has 0 heterocycles. The lowest BCUT2D eigenvalue weighted by atomic mass is 10.1. The zero-order valence-electron chi connectivity index (χ0n) is 7.69. The predicted molar refractivity (Wildman–Crippen MR) is 55.5 cm³/mol. The molecule has 74 valence electrons. The van der Waals surface area contributed by atoms with Crippen LogP contribution >= 0.6 is 12.6 Å². The van der Waals surface area contributed by atoms with E-state index in [2.05, 4.69) is 17.4 Å². The van der Waals surface area contributed by atoms with Gasteiger partial charge >= 0.3 is 5.97 Å². The molecule has 0 fully saturated rings. The summed E-state index contributed by atoms with van der Waals surface area (Å²) in [5.41, 5.74) is 1.08. The van der Waals surface area contributed by atoms with Crippen LogP contribution in [-0.4, -0.2) is 18.2 Å². The summed E-state index contributed by atoms with van der Waals surface area (Å²) in [6.07, 6.45) is 0.0962. The fraction of sp³-hybridized carbons (Fsp3) is 0.200. The Morgan fingerprint density at radius 2 is 2.00 bits per heavy atom. The lowest BCUT2D eigenvalue weighted by molar-refractivity contribution is -0.139. The molecule has 0 aromatic heterocycles. The predicted octanol–water partition coefficient (Wildman–Crippen LogP) is 1.47. The van der Waals surface area contributed by atoms with Crippen LogP contribution in [0, 0.1) is 0 Å². The van der Waals surface area contributed by atoms with Crippen molar-refractivity contribution in [2.45, 2.75) is 6.42 Å². The van der Waals surface area contributed by atoms with E-state index < -0.39 is 0 Å². The molecule has 0 aliphatic heterocycles. The van der Waals surface area contributed by atoms with Crippen molar-refractivity contribution >= 4 is 23.7 Å². The largest absolute Gasteiger partial charge is 0.469 e. The Bertz CT molecular complexity index is 360. The Labute approximate surface area is 87.5 Å². The monoisotopic (exact) mass is 210 g/mol. The Morgan fingerprint density at radius 1 is 1.36 bits per heavy atom. The third-order valence-corrected chi connectivity index (χ3v) is 2.05. The molecule has 0 N–H and O–H groups in total. The van der Waals surface area contributed by atoms with E-state index in [0.717, 1.165) is 0 Å². The first-order valence-corrected chi connectivity index (χ1v) is 4.48. The van der Waals surface area contributed by atoms with Crippen LogP contribution < -0.4 is 0 Å². The molecule has 1 rings (SSSR count). The smallest absolute Gasteiger partial charge is 0.310 e. The molecule has 0 spiro atoms. The summed E-state index contributed by atoms with van der Waals surface area (Å²) in [6, 6.07) is 6.83. The van der Waals surface area contributed by atoms with Crippen LogP contribution in [0.1, 0.15) is 15.9 Å². The number of hydrogen-bond donors (Lipinski definition) is 1. The van der Waals surface area contributed by atoms with Crippen LogP contribution in [0.2, 0.25) is 0 Å². The number of methoxy groups -OCH3 is 1. The number of thiol groups is 1. The van der Waals surface area contributed by atoms with Crippen LogP contribution in [0.15, 0.2) is 24.3 Å². The van der Waals surface area contributed by atoms with Crippen molar-refractivity contribution in [3.8, 4) is 0 Å². The van der Waals surface area contributed by atoms with E-state index in [1.54, 1.807) is 24.3 Å². The molecule has 0 unspecified atom stereocenters. The fourth-order valence-electron chi connectivity index (χ4n) is 1.11. The normalized spacial score (nSPS) is 9.57. The van der Waals surface area contributed by atoms with Gasteiger partial charge in [0, 0.05) is 5.56 Å². The second-order valence-electron chi connectivity index (χ2n) is 2.72. The lowest BCUT2D eigenvalue weighted by Gasteiger charge is -2.04. The number of esters is 1. The van der Waals surface area contributed by atoms with Gasteiger partial charge in [-0.25, -0.2) is 0 Å². The highest BCUT2D eigenvalue weighted by atomic mass is 32.1. The van der Waals surface area contributed by atoms with Gasteiger partial charge in [-0.3, -0.25) is 9.59 Å². The van der Waals surface area contributed by atoms with Crippen LogP contribution in [0.3, 0.4) is 0 Å². The van der Waals surface area contributed by atoms with Gasteiger partial charge in [-0.2, -0.15) is 0 Å². The molecule has 1 aromatic carbocycles. The molecule has 0 aliphatic rings. The first-order chi connectivity index (χ1) is 6.65. The van der Waals surface area contributed by atoms with Crippen molar-refractivity contribution in [2.75, 3.05) is 7.11 Å². The topological polar surface area (TPSA) is 43.4 Å². The summed E-state index contributed by atoms with van der Waals surface area (Å²) >= 11 is 3.72. The average molecular weight is 210 g/mol. The van der Waals surface area contributed by atoms with Gasteiger partial charge in [0.15, 0.2) is 0 Å². The van der Waals surface area contributed by atoms with E-state index in [-0.39, 0.29) is 17.5 Å². The minimum atomic E-state index is -0.368. The minimum absolute atomic E-state index is 0.0962. The maximum atomic E-state index is 11.0. The third-order valence-electron chi connectivity index (χ3n) is 1.81. The van der Waals surface area contributed by atoms with Gasteiger partial charge in [0.05, 0.1) is 13.5 Å². The first-order valence-electron chi connectivity index (χ1n) is 4.03. The molecular weight excluding hydrogens is 200 g/mol. The number of carbonyl (C=O) groups excluding carboxylic acids is 2. The zero-order chi connectivity index (χ0) is 10.6. The van der Waals surface area contributed by atoms with Gasteiger partial charge in [0.1, 0.15) is 0 Å². The molecule has 14 heavy (non-hydrogen) atoms. The van der Waals surface area contributed by atoms with E-state index >= 15 is 0 Å². The second-order valence-corrected chi connectivity index (χ2v) is 3.12. The van der Waals surface area contributed by atoms with Crippen molar-refractivity contribution in [3.05, 3.63) is 35.4 Å². The molecule has 0 saturated carbocycles. The molecule has 3 nitrogen and oxygen atoms in total. The summed E-state index contributed by atoms with van der Waals surface area (Å²) in [4.78, 5) is 22.0. The minimum Gasteiger partial charge on any atom is -0.469 e. The SMILES string of the molecule is COC(=O)Cc1ccccc1C(=O)S. The van der Waals surface area contributed by atoms with Crippen molar-refractivity contribution in [1.29, 1.82) is 0 Å². The summed E-state index contributed by atoms with van der Waals surface area (Å²) < 4.78 is 4.51. The Kier molecular flexibility index (Phi) is 3.71.